The molecule has 0 fully saturated rings. The Kier molecular flexibility index (Phi) is 4.93. The number of aromatic nitrogens is 2. The quantitative estimate of drug-likeness (QED) is 0.730. The van der Waals surface area contributed by atoms with E-state index in [2.05, 4.69) is 15.3 Å². The number of nitrogens with one attached hydrogen (secondary N) is 1. The Morgan fingerprint density at radius 3 is 2.38 bits per heavy atom. The van der Waals surface area contributed by atoms with Crippen LogP contribution in [0.15, 0.2) is 48.8 Å². The Balaban J connectivity index is 1.75. The van der Waals surface area contributed by atoms with Gasteiger partial charge < -0.3 is 10.1 Å². The van der Waals surface area contributed by atoms with Gasteiger partial charge in [0, 0.05) is 18.1 Å². The molecular weight excluding hydrogens is 330 g/mol. The molecular formula is C20H19N3O3. The van der Waals surface area contributed by atoms with Gasteiger partial charge in [0.05, 0.1) is 11.1 Å². The summed E-state index contributed by atoms with van der Waals surface area (Å²) in [4.78, 5) is 33.3. The normalized spacial score (nSPS) is 11.8. The first kappa shape index (κ1) is 17.5. The van der Waals surface area contributed by atoms with E-state index in [1.807, 2.05) is 32.0 Å². The minimum atomic E-state index is -0.951. The molecule has 6 heteroatoms. The number of anilines is 1. The number of nitrogens with zero attached hydrogens (tertiary/aromatic N) is 2. The van der Waals surface area contributed by atoms with Crippen LogP contribution in [0.3, 0.4) is 0 Å². The summed E-state index contributed by atoms with van der Waals surface area (Å²) < 4.78 is 5.34. The van der Waals surface area contributed by atoms with Crippen LogP contribution in [0.4, 0.5) is 5.69 Å². The molecule has 6 nitrogen and oxygen atoms in total. The van der Waals surface area contributed by atoms with E-state index >= 15 is 0 Å². The van der Waals surface area contributed by atoms with Gasteiger partial charge in [0.2, 0.25) is 0 Å². The standard InChI is InChI=1S/C20H19N3O3/c1-12-6-4-7-13(2)17(12)23-19(24)14(3)26-20(25)15-8-5-9-16-18(15)22-11-10-21-16/h4-11,14H,1-3H3,(H,23,24). The molecule has 132 valence electrons. The number of hydrogen-bond donors (Lipinski definition) is 1. The number of amides is 1. The van der Waals surface area contributed by atoms with Crippen molar-refractivity contribution in [3.8, 4) is 0 Å². The zero-order chi connectivity index (χ0) is 18.7. The number of rotatable bonds is 4. The highest BCUT2D eigenvalue weighted by Gasteiger charge is 2.21. The fraction of sp³-hybridized carbons (Fsp3) is 0.200. The van der Waals surface area contributed by atoms with Crippen LogP contribution in [0.2, 0.25) is 0 Å². The van der Waals surface area contributed by atoms with E-state index in [0.717, 1.165) is 16.8 Å². The van der Waals surface area contributed by atoms with Crippen molar-refractivity contribution in [2.45, 2.75) is 26.9 Å². The number of para-hydroxylation sites is 2. The SMILES string of the molecule is Cc1cccc(C)c1NC(=O)C(C)OC(=O)c1cccc2nccnc12. The van der Waals surface area contributed by atoms with E-state index in [1.165, 1.54) is 13.1 Å². The molecule has 1 unspecified atom stereocenters. The molecule has 0 bridgehead atoms. The average molecular weight is 349 g/mol. The molecule has 0 aliphatic rings. The van der Waals surface area contributed by atoms with Crippen molar-refractivity contribution >= 4 is 28.6 Å². The van der Waals surface area contributed by atoms with Crippen LogP contribution in [-0.2, 0) is 9.53 Å². The fourth-order valence-electron chi connectivity index (χ4n) is 2.67. The number of ether oxygens (including phenoxy) is 1. The maximum atomic E-state index is 12.5. The summed E-state index contributed by atoms with van der Waals surface area (Å²) >= 11 is 0. The van der Waals surface area contributed by atoms with Crippen LogP contribution in [0.1, 0.15) is 28.4 Å². The van der Waals surface area contributed by atoms with E-state index in [0.29, 0.717) is 11.0 Å². The van der Waals surface area contributed by atoms with Gasteiger partial charge in [-0.25, -0.2) is 4.79 Å². The second kappa shape index (κ2) is 7.31. The number of carbonyl (C=O) groups is 2. The second-order valence-electron chi connectivity index (χ2n) is 6.03. The summed E-state index contributed by atoms with van der Waals surface area (Å²) in [5.74, 6) is -0.998. The first-order valence-corrected chi connectivity index (χ1v) is 8.25. The molecule has 1 aromatic heterocycles. The molecule has 0 aliphatic carbocycles. The summed E-state index contributed by atoms with van der Waals surface area (Å²) in [6, 6.07) is 10.8. The Labute approximate surface area is 151 Å². The van der Waals surface area contributed by atoms with E-state index in [9.17, 15) is 9.59 Å². The van der Waals surface area contributed by atoms with Crippen LogP contribution < -0.4 is 5.32 Å². The molecule has 1 amide bonds. The van der Waals surface area contributed by atoms with Crippen molar-refractivity contribution < 1.29 is 14.3 Å². The molecule has 2 aromatic carbocycles. The minimum absolute atomic E-state index is 0.280. The topological polar surface area (TPSA) is 81.2 Å². The predicted molar refractivity (Wildman–Crippen MR) is 99.0 cm³/mol. The van der Waals surface area contributed by atoms with Crippen molar-refractivity contribution in [3.05, 3.63) is 65.5 Å². The zero-order valence-electron chi connectivity index (χ0n) is 14.8. The molecule has 3 aromatic rings. The second-order valence-corrected chi connectivity index (χ2v) is 6.03. The number of hydrogen-bond acceptors (Lipinski definition) is 5. The van der Waals surface area contributed by atoms with Gasteiger partial charge in [-0.1, -0.05) is 24.3 Å². The third-order valence-electron chi connectivity index (χ3n) is 4.10. The summed E-state index contributed by atoms with van der Waals surface area (Å²) in [6.45, 7) is 5.36. The van der Waals surface area contributed by atoms with E-state index in [4.69, 9.17) is 4.74 Å². The van der Waals surface area contributed by atoms with Gasteiger partial charge >= 0.3 is 5.97 Å². The van der Waals surface area contributed by atoms with Crippen molar-refractivity contribution in [3.63, 3.8) is 0 Å². The molecule has 1 atom stereocenters. The van der Waals surface area contributed by atoms with Gasteiger partial charge in [-0.15, -0.1) is 0 Å². The lowest BCUT2D eigenvalue weighted by Crippen LogP contribution is -2.30. The van der Waals surface area contributed by atoms with Crippen LogP contribution in [0.5, 0.6) is 0 Å². The van der Waals surface area contributed by atoms with Crippen LogP contribution in [-0.4, -0.2) is 27.9 Å². The molecule has 0 aliphatic heterocycles. The van der Waals surface area contributed by atoms with Gasteiger partial charge in [0.15, 0.2) is 6.10 Å². The Hall–Kier alpha value is -3.28. The highest BCUT2D eigenvalue weighted by molar-refractivity contribution is 6.03. The van der Waals surface area contributed by atoms with Crippen molar-refractivity contribution in [1.29, 1.82) is 0 Å². The van der Waals surface area contributed by atoms with Crippen LogP contribution >= 0.6 is 0 Å². The smallest absolute Gasteiger partial charge is 0.341 e. The van der Waals surface area contributed by atoms with Crippen molar-refractivity contribution in [2.75, 3.05) is 5.32 Å². The van der Waals surface area contributed by atoms with Crippen LogP contribution in [0.25, 0.3) is 11.0 Å². The minimum Gasteiger partial charge on any atom is -0.449 e. The number of benzene rings is 2. The monoisotopic (exact) mass is 349 g/mol. The van der Waals surface area contributed by atoms with Gasteiger partial charge in [-0.3, -0.25) is 14.8 Å². The Morgan fingerprint density at radius 1 is 1.00 bits per heavy atom. The summed E-state index contributed by atoms with van der Waals surface area (Å²) in [7, 11) is 0. The lowest BCUT2D eigenvalue weighted by atomic mass is 10.1. The number of esters is 1. The predicted octanol–water partition coefficient (Wildman–Crippen LogP) is 3.43. The first-order chi connectivity index (χ1) is 12.5. The highest BCUT2D eigenvalue weighted by atomic mass is 16.5. The number of carbonyl (C=O) groups excluding carboxylic acids is 2. The molecule has 1 N–H and O–H groups in total. The third-order valence-corrected chi connectivity index (χ3v) is 4.10. The third kappa shape index (κ3) is 3.54. The van der Waals surface area contributed by atoms with Crippen LogP contribution in [0, 0.1) is 13.8 Å². The van der Waals surface area contributed by atoms with E-state index in [-0.39, 0.29) is 11.5 Å². The average Bonchev–Trinajstić information content (AvgIpc) is 2.64. The largest absolute Gasteiger partial charge is 0.449 e. The number of aryl methyl sites for hydroxylation is 2. The van der Waals surface area contributed by atoms with E-state index < -0.39 is 12.1 Å². The Bertz CT molecular complexity index is 959. The maximum Gasteiger partial charge on any atom is 0.341 e. The van der Waals surface area contributed by atoms with Crippen molar-refractivity contribution in [2.24, 2.45) is 0 Å². The summed E-state index contributed by atoms with van der Waals surface area (Å²) in [5.41, 5.74) is 3.94. The molecule has 0 saturated heterocycles. The zero-order valence-corrected chi connectivity index (χ0v) is 14.8. The van der Waals surface area contributed by atoms with Gasteiger partial charge in [0.1, 0.15) is 5.52 Å². The van der Waals surface area contributed by atoms with E-state index in [1.54, 1.807) is 24.4 Å². The Morgan fingerprint density at radius 2 is 1.65 bits per heavy atom. The highest BCUT2D eigenvalue weighted by Crippen LogP contribution is 2.20. The van der Waals surface area contributed by atoms with Crippen molar-refractivity contribution in [1.82, 2.24) is 9.97 Å². The summed E-state index contributed by atoms with van der Waals surface area (Å²) in [5, 5.41) is 2.83. The first-order valence-electron chi connectivity index (χ1n) is 8.25. The molecule has 0 radical (unpaired) electrons. The van der Waals surface area contributed by atoms with Gasteiger partial charge in [-0.05, 0) is 44.0 Å². The molecule has 26 heavy (non-hydrogen) atoms. The maximum absolute atomic E-state index is 12.5. The van der Waals surface area contributed by atoms with Gasteiger partial charge in [0.25, 0.3) is 5.91 Å². The summed E-state index contributed by atoms with van der Waals surface area (Å²) in [6.07, 6.45) is 2.11. The lowest BCUT2D eigenvalue weighted by Gasteiger charge is -2.16. The molecule has 1 heterocycles. The fourth-order valence-corrected chi connectivity index (χ4v) is 2.67. The van der Waals surface area contributed by atoms with Gasteiger partial charge in [-0.2, -0.15) is 0 Å². The molecule has 3 rings (SSSR count). The molecule has 0 saturated carbocycles. The number of fused-ring (bicyclic) bond motifs is 1. The lowest BCUT2D eigenvalue weighted by molar-refractivity contribution is -0.123. The molecule has 0 spiro atoms.